The predicted molar refractivity (Wildman–Crippen MR) is 76.7 cm³/mol. The minimum absolute atomic E-state index is 0.310. The van der Waals surface area contributed by atoms with Gasteiger partial charge in [0.1, 0.15) is 5.01 Å². The van der Waals surface area contributed by atoms with Crippen molar-refractivity contribution in [2.24, 2.45) is 5.84 Å². The summed E-state index contributed by atoms with van der Waals surface area (Å²) in [6.07, 6.45) is 0. The molecule has 1 aromatic heterocycles. The van der Waals surface area contributed by atoms with Crippen LogP contribution in [-0.2, 0) is 0 Å². The largest absolute Gasteiger partial charge is 0.290 e. The van der Waals surface area contributed by atoms with E-state index in [-0.39, 0.29) is 5.91 Å². The van der Waals surface area contributed by atoms with Crippen LogP contribution in [0, 0.1) is 0 Å². The van der Waals surface area contributed by atoms with E-state index in [0.717, 1.165) is 20.8 Å². The smallest absolute Gasteiger partial charge is 0.265 e. The van der Waals surface area contributed by atoms with E-state index in [9.17, 15) is 4.79 Å². The minimum Gasteiger partial charge on any atom is -0.290 e. The molecule has 0 saturated heterocycles. The number of benzene rings is 2. The monoisotopic (exact) mass is 269 g/mol. The molecule has 0 atom stereocenters. The quantitative estimate of drug-likeness (QED) is 0.427. The second kappa shape index (κ2) is 4.79. The summed E-state index contributed by atoms with van der Waals surface area (Å²) in [5.41, 5.74) is 4.43. The van der Waals surface area contributed by atoms with Crippen LogP contribution in [0.3, 0.4) is 0 Å². The Morgan fingerprint density at radius 2 is 1.84 bits per heavy atom. The molecule has 5 heteroatoms. The lowest BCUT2D eigenvalue weighted by Gasteiger charge is -2.04. The summed E-state index contributed by atoms with van der Waals surface area (Å²) in [6.45, 7) is 0. The molecule has 0 unspecified atom stereocenters. The third kappa shape index (κ3) is 2.09. The molecule has 94 valence electrons. The van der Waals surface area contributed by atoms with Crippen LogP contribution in [0.1, 0.15) is 10.4 Å². The first-order valence-corrected chi connectivity index (χ1v) is 6.57. The number of nitrogens with one attached hydrogen (secondary N) is 1. The standard InChI is InChI=1S/C14H11N3OS/c15-17-13(18)9-5-1-2-6-10(9)14-16-11-7-3-4-8-12(11)19-14/h1-8H,15H2,(H,17,18). The molecule has 3 aromatic rings. The molecule has 4 nitrogen and oxygen atoms in total. The van der Waals surface area contributed by atoms with Crippen molar-refractivity contribution >= 4 is 27.5 Å². The molecule has 2 aromatic carbocycles. The molecule has 3 N–H and O–H groups in total. The molecule has 0 aliphatic heterocycles. The lowest BCUT2D eigenvalue weighted by Crippen LogP contribution is -2.30. The van der Waals surface area contributed by atoms with Crippen LogP contribution in [0.5, 0.6) is 0 Å². The third-order valence-electron chi connectivity index (χ3n) is 2.83. The van der Waals surface area contributed by atoms with Crippen LogP contribution in [0.15, 0.2) is 48.5 Å². The number of hydrogen-bond acceptors (Lipinski definition) is 4. The maximum absolute atomic E-state index is 11.8. The number of thiazole rings is 1. The SMILES string of the molecule is NNC(=O)c1ccccc1-c1nc2ccccc2s1. The van der Waals surface area contributed by atoms with Gasteiger partial charge in [-0.3, -0.25) is 10.2 Å². The average molecular weight is 269 g/mol. The summed E-state index contributed by atoms with van der Waals surface area (Å²) in [7, 11) is 0. The average Bonchev–Trinajstić information content (AvgIpc) is 2.90. The van der Waals surface area contributed by atoms with Crippen molar-refractivity contribution in [1.82, 2.24) is 10.4 Å². The third-order valence-corrected chi connectivity index (χ3v) is 3.90. The molecular formula is C14H11N3OS. The van der Waals surface area contributed by atoms with Gasteiger partial charge in [-0.1, -0.05) is 30.3 Å². The second-order valence-electron chi connectivity index (χ2n) is 4.01. The summed E-state index contributed by atoms with van der Waals surface area (Å²) in [6, 6.07) is 15.2. The van der Waals surface area contributed by atoms with Crippen molar-refractivity contribution in [2.75, 3.05) is 0 Å². The van der Waals surface area contributed by atoms with E-state index in [2.05, 4.69) is 10.4 Å². The number of rotatable bonds is 2. The van der Waals surface area contributed by atoms with Gasteiger partial charge in [-0.2, -0.15) is 0 Å². The fourth-order valence-electron chi connectivity index (χ4n) is 1.93. The van der Waals surface area contributed by atoms with E-state index in [4.69, 9.17) is 5.84 Å². The molecule has 0 spiro atoms. The van der Waals surface area contributed by atoms with E-state index >= 15 is 0 Å². The molecule has 1 heterocycles. The zero-order valence-corrected chi connectivity index (χ0v) is 10.8. The molecule has 0 bridgehead atoms. The lowest BCUT2D eigenvalue weighted by atomic mass is 10.1. The number of carbonyl (C=O) groups excluding carboxylic acids is 1. The number of nitrogen functional groups attached to an aromatic ring is 1. The number of hydrazine groups is 1. The highest BCUT2D eigenvalue weighted by Gasteiger charge is 2.14. The highest BCUT2D eigenvalue weighted by atomic mass is 32.1. The first-order valence-electron chi connectivity index (χ1n) is 5.75. The minimum atomic E-state index is -0.310. The Balaban J connectivity index is 2.18. The van der Waals surface area contributed by atoms with E-state index in [1.807, 2.05) is 36.4 Å². The maximum atomic E-state index is 11.8. The van der Waals surface area contributed by atoms with E-state index in [1.54, 1.807) is 23.5 Å². The lowest BCUT2D eigenvalue weighted by molar-refractivity contribution is 0.0954. The summed E-state index contributed by atoms with van der Waals surface area (Å²) < 4.78 is 1.10. The first-order chi connectivity index (χ1) is 9.29. The Morgan fingerprint density at radius 3 is 2.63 bits per heavy atom. The highest BCUT2D eigenvalue weighted by Crippen LogP contribution is 2.31. The zero-order chi connectivity index (χ0) is 13.2. The fraction of sp³-hybridized carbons (Fsp3) is 0. The summed E-state index contributed by atoms with van der Waals surface area (Å²) in [5, 5.41) is 0.820. The van der Waals surface area contributed by atoms with Crippen molar-refractivity contribution < 1.29 is 4.79 Å². The van der Waals surface area contributed by atoms with Crippen molar-refractivity contribution in [3.8, 4) is 10.6 Å². The molecule has 0 radical (unpaired) electrons. The molecule has 0 aliphatic rings. The van der Waals surface area contributed by atoms with Gasteiger partial charge in [0.2, 0.25) is 0 Å². The van der Waals surface area contributed by atoms with E-state index < -0.39 is 0 Å². The molecule has 1 amide bonds. The predicted octanol–water partition coefficient (Wildman–Crippen LogP) is 2.57. The first kappa shape index (κ1) is 11.8. The topological polar surface area (TPSA) is 68.0 Å². The number of fused-ring (bicyclic) bond motifs is 1. The van der Waals surface area contributed by atoms with E-state index in [1.165, 1.54) is 0 Å². The molecule has 0 fully saturated rings. The van der Waals surface area contributed by atoms with Gasteiger partial charge in [-0.25, -0.2) is 10.8 Å². The number of nitrogens with zero attached hydrogens (tertiary/aromatic N) is 1. The normalized spacial score (nSPS) is 10.6. The number of aromatic nitrogens is 1. The number of amides is 1. The molecule has 3 rings (SSSR count). The zero-order valence-electron chi connectivity index (χ0n) is 9.96. The van der Waals surface area contributed by atoms with Gasteiger partial charge < -0.3 is 0 Å². The summed E-state index contributed by atoms with van der Waals surface area (Å²) in [5.74, 6) is 4.90. The Labute approximate surface area is 113 Å². The van der Waals surface area contributed by atoms with Gasteiger partial charge in [0.05, 0.1) is 15.8 Å². The van der Waals surface area contributed by atoms with Gasteiger partial charge in [-0.05, 0) is 18.2 Å². The van der Waals surface area contributed by atoms with Crippen LogP contribution < -0.4 is 11.3 Å². The van der Waals surface area contributed by atoms with Gasteiger partial charge >= 0.3 is 0 Å². The van der Waals surface area contributed by atoms with Crippen molar-refractivity contribution in [2.45, 2.75) is 0 Å². The number of carbonyl (C=O) groups is 1. The summed E-state index contributed by atoms with van der Waals surface area (Å²) in [4.78, 5) is 16.3. The summed E-state index contributed by atoms with van der Waals surface area (Å²) >= 11 is 1.56. The van der Waals surface area contributed by atoms with Crippen LogP contribution in [0.2, 0.25) is 0 Å². The Bertz CT molecular complexity index is 718. The Hall–Kier alpha value is -2.24. The molecule has 0 saturated carbocycles. The van der Waals surface area contributed by atoms with Crippen LogP contribution in [0.25, 0.3) is 20.8 Å². The van der Waals surface area contributed by atoms with Gasteiger partial charge in [0.25, 0.3) is 5.91 Å². The van der Waals surface area contributed by atoms with Crippen molar-refractivity contribution in [3.63, 3.8) is 0 Å². The Morgan fingerprint density at radius 1 is 1.11 bits per heavy atom. The number of nitrogens with two attached hydrogens (primary N) is 1. The maximum Gasteiger partial charge on any atom is 0.265 e. The highest BCUT2D eigenvalue weighted by molar-refractivity contribution is 7.21. The van der Waals surface area contributed by atoms with Gasteiger partial charge in [-0.15, -0.1) is 11.3 Å². The van der Waals surface area contributed by atoms with Crippen LogP contribution in [-0.4, -0.2) is 10.9 Å². The molecule has 19 heavy (non-hydrogen) atoms. The molecule has 0 aliphatic carbocycles. The molecular weight excluding hydrogens is 258 g/mol. The number of hydrogen-bond donors (Lipinski definition) is 2. The van der Waals surface area contributed by atoms with Crippen LogP contribution >= 0.6 is 11.3 Å². The van der Waals surface area contributed by atoms with Crippen LogP contribution in [0.4, 0.5) is 0 Å². The fourth-order valence-corrected chi connectivity index (χ4v) is 2.94. The van der Waals surface area contributed by atoms with Gasteiger partial charge in [0.15, 0.2) is 0 Å². The van der Waals surface area contributed by atoms with Crippen molar-refractivity contribution in [3.05, 3.63) is 54.1 Å². The number of para-hydroxylation sites is 1. The Kier molecular flexibility index (Phi) is 2.98. The van der Waals surface area contributed by atoms with E-state index in [0.29, 0.717) is 5.56 Å². The van der Waals surface area contributed by atoms with Crippen molar-refractivity contribution in [1.29, 1.82) is 0 Å². The van der Waals surface area contributed by atoms with Gasteiger partial charge in [0, 0.05) is 5.56 Å². The second-order valence-corrected chi connectivity index (χ2v) is 5.04.